The molecule has 10 heteroatoms. The number of hydrogen-bond donors (Lipinski definition) is 4. The van der Waals surface area contributed by atoms with Crippen molar-refractivity contribution >= 4 is 29.4 Å². The van der Waals surface area contributed by atoms with Gasteiger partial charge in [-0.2, -0.15) is 0 Å². The summed E-state index contributed by atoms with van der Waals surface area (Å²) < 4.78 is 7.70. The number of pyridine rings is 1. The summed E-state index contributed by atoms with van der Waals surface area (Å²) in [5.41, 5.74) is 6.26. The largest absolute Gasteiger partial charge is 0.384 e. The Morgan fingerprint density at radius 1 is 1.11 bits per heavy atom. The maximum absolute atomic E-state index is 12.7. The van der Waals surface area contributed by atoms with Crippen LogP contribution in [0.4, 0.5) is 16.3 Å². The van der Waals surface area contributed by atoms with Crippen molar-refractivity contribution in [2.75, 3.05) is 17.6 Å². The molecule has 5 aliphatic rings. The fourth-order valence-corrected chi connectivity index (χ4v) is 7.32. The number of nitrogens with zero attached hydrogens (tertiary/aromatic N) is 1. The van der Waals surface area contributed by atoms with Crippen LogP contribution in [0.2, 0.25) is 0 Å². The number of carbonyl (C=O) groups excluding carboxylic acids is 3. The van der Waals surface area contributed by atoms with Gasteiger partial charge in [-0.15, -0.1) is 0 Å². The van der Waals surface area contributed by atoms with E-state index in [0.717, 1.165) is 47.6 Å². The van der Waals surface area contributed by atoms with Gasteiger partial charge in [0.1, 0.15) is 5.82 Å². The van der Waals surface area contributed by atoms with Gasteiger partial charge in [-0.3, -0.25) is 24.3 Å². The molecule has 2 aromatic rings. The third-order valence-corrected chi connectivity index (χ3v) is 8.30. The second-order valence-corrected chi connectivity index (χ2v) is 11.2. The summed E-state index contributed by atoms with van der Waals surface area (Å²) >= 11 is 0. The molecule has 1 aromatic heterocycles. The number of fused-ring (bicyclic) bond motifs is 1. The normalized spacial score (nSPS) is 28.1. The number of rotatable bonds is 6. The number of anilines is 2. The average molecular weight is 506 g/mol. The number of nitrogen functional groups attached to an aromatic ring is 1. The summed E-state index contributed by atoms with van der Waals surface area (Å²) in [6, 6.07) is 7.25. The number of imide groups is 1. The third kappa shape index (κ3) is 4.29. The number of nitrogens with one attached hydrogen (secondary N) is 3. The molecule has 4 bridgehead atoms. The van der Waals surface area contributed by atoms with Gasteiger partial charge in [-0.1, -0.05) is 6.07 Å². The fraction of sp³-hybridized carbons (Fsp3) is 0.481. The van der Waals surface area contributed by atoms with Crippen LogP contribution in [0.5, 0.6) is 0 Å². The van der Waals surface area contributed by atoms with Gasteiger partial charge in [0.15, 0.2) is 0 Å². The van der Waals surface area contributed by atoms with Crippen LogP contribution in [0.3, 0.4) is 0 Å². The van der Waals surface area contributed by atoms with Crippen molar-refractivity contribution in [2.45, 2.75) is 57.2 Å². The van der Waals surface area contributed by atoms with Crippen molar-refractivity contribution in [1.29, 1.82) is 0 Å². The molecule has 4 amide bonds. The maximum Gasteiger partial charge on any atom is 0.319 e. The summed E-state index contributed by atoms with van der Waals surface area (Å²) in [4.78, 5) is 49.4. The molecule has 4 aliphatic carbocycles. The topological polar surface area (TPSA) is 145 Å². The molecule has 2 heterocycles. The van der Waals surface area contributed by atoms with E-state index in [-0.39, 0.29) is 28.6 Å². The van der Waals surface area contributed by atoms with Crippen molar-refractivity contribution in [2.24, 2.45) is 17.8 Å². The smallest absolute Gasteiger partial charge is 0.319 e. The van der Waals surface area contributed by atoms with Crippen LogP contribution < -0.4 is 27.2 Å². The van der Waals surface area contributed by atoms with E-state index >= 15 is 0 Å². The number of aromatic nitrogens is 1. The second-order valence-electron chi connectivity index (χ2n) is 11.2. The zero-order valence-electron chi connectivity index (χ0n) is 20.7. The highest BCUT2D eigenvalue weighted by Gasteiger charge is 2.52. The van der Waals surface area contributed by atoms with Gasteiger partial charge < -0.3 is 21.1 Å². The number of carbonyl (C=O) groups is 3. The molecule has 1 aromatic carbocycles. The van der Waals surface area contributed by atoms with Crippen LogP contribution in [0.15, 0.2) is 35.1 Å². The third-order valence-electron chi connectivity index (χ3n) is 8.30. The maximum atomic E-state index is 12.7. The Balaban J connectivity index is 1.10. The zero-order valence-corrected chi connectivity index (χ0v) is 20.7. The predicted molar refractivity (Wildman–Crippen MR) is 137 cm³/mol. The van der Waals surface area contributed by atoms with Gasteiger partial charge in [-0.05, 0) is 81.4 Å². The lowest BCUT2D eigenvalue weighted by molar-refractivity contribution is -0.182. The van der Waals surface area contributed by atoms with E-state index in [0.29, 0.717) is 17.9 Å². The fourth-order valence-electron chi connectivity index (χ4n) is 7.32. The van der Waals surface area contributed by atoms with E-state index in [1.807, 2.05) is 6.92 Å². The molecule has 0 radical (unpaired) electrons. The van der Waals surface area contributed by atoms with E-state index in [9.17, 15) is 19.2 Å². The van der Waals surface area contributed by atoms with Crippen LogP contribution in [-0.2, 0) is 4.74 Å². The molecule has 10 nitrogen and oxygen atoms in total. The van der Waals surface area contributed by atoms with Gasteiger partial charge in [0.05, 0.1) is 28.5 Å². The standard InChI is InChI=1S/C27H31N5O5/c1-14(37-27-10-15-5-16(11-27)7-17(6-15)12-27)13-29-26(36)30-18-3-2-4-19(8-18)32-21(33)9-20-22(23(32)28)25(35)31-24(20)34/h2-4,8-9,14-17H,5-7,10-13,28H2,1H3,(H2,29,30,36)(H,31,34,35). The molecule has 1 atom stereocenters. The van der Waals surface area contributed by atoms with Crippen LogP contribution in [0, 0.1) is 17.8 Å². The lowest BCUT2D eigenvalue weighted by Gasteiger charge is -2.57. The van der Waals surface area contributed by atoms with E-state index in [1.165, 1.54) is 19.3 Å². The highest BCUT2D eigenvalue weighted by Crippen LogP contribution is 2.57. The number of nitrogens with two attached hydrogens (primary N) is 1. The van der Waals surface area contributed by atoms with Gasteiger partial charge in [0, 0.05) is 18.3 Å². The number of benzene rings is 1. The number of ether oxygens (including phenoxy) is 1. The Bertz CT molecular complexity index is 1330. The molecule has 0 saturated heterocycles. The lowest BCUT2D eigenvalue weighted by atomic mass is 9.54. The molecule has 5 N–H and O–H groups in total. The molecular formula is C27H31N5O5. The molecule has 7 rings (SSSR count). The average Bonchev–Trinajstić information content (AvgIpc) is 3.10. The zero-order chi connectivity index (χ0) is 25.9. The minimum atomic E-state index is -0.649. The van der Waals surface area contributed by atoms with E-state index < -0.39 is 23.4 Å². The molecule has 4 saturated carbocycles. The van der Waals surface area contributed by atoms with Crippen molar-refractivity contribution in [3.63, 3.8) is 0 Å². The van der Waals surface area contributed by atoms with Gasteiger partial charge in [-0.25, -0.2) is 4.79 Å². The summed E-state index contributed by atoms with van der Waals surface area (Å²) in [5, 5.41) is 7.81. The minimum absolute atomic E-state index is 0.0226. The number of hydrogen-bond acceptors (Lipinski definition) is 6. The first-order valence-corrected chi connectivity index (χ1v) is 12.9. The summed E-state index contributed by atoms with van der Waals surface area (Å²) in [6.45, 7) is 2.39. The summed E-state index contributed by atoms with van der Waals surface area (Å²) in [5.74, 6) is 0.953. The Hall–Kier alpha value is -3.66. The molecule has 37 heavy (non-hydrogen) atoms. The van der Waals surface area contributed by atoms with E-state index in [4.69, 9.17) is 10.5 Å². The SMILES string of the molecule is CC(CNC(=O)Nc1cccc(-n2c(N)c3c(cc2=O)C(=O)NC3=O)c1)OC12CC3CC(CC(C3)C1)C2. The highest BCUT2D eigenvalue weighted by molar-refractivity contribution is 6.23. The van der Waals surface area contributed by atoms with E-state index in [2.05, 4.69) is 16.0 Å². The Morgan fingerprint density at radius 2 is 1.78 bits per heavy atom. The minimum Gasteiger partial charge on any atom is -0.384 e. The van der Waals surface area contributed by atoms with E-state index in [1.54, 1.807) is 24.3 Å². The Kier molecular flexibility index (Phi) is 5.59. The van der Waals surface area contributed by atoms with Crippen molar-refractivity contribution < 1.29 is 19.1 Å². The summed E-state index contributed by atoms with van der Waals surface area (Å²) in [6.07, 6.45) is 7.38. The van der Waals surface area contributed by atoms with Gasteiger partial charge in [0.25, 0.3) is 17.4 Å². The van der Waals surface area contributed by atoms with Crippen molar-refractivity contribution in [3.05, 3.63) is 51.8 Å². The first-order chi connectivity index (χ1) is 17.7. The quantitative estimate of drug-likeness (QED) is 0.445. The van der Waals surface area contributed by atoms with Gasteiger partial charge >= 0.3 is 6.03 Å². The van der Waals surface area contributed by atoms with Crippen LogP contribution in [-0.4, -0.2) is 40.7 Å². The van der Waals surface area contributed by atoms with Gasteiger partial charge in [0.2, 0.25) is 0 Å². The highest BCUT2D eigenvalue weighted by atomic mass is 16.5. The lowest BCUT2D eigenvalue weighted by Crippen LogP contribution is -2.54. The Morgan fingerprint density at radius 3 is 2.46 bits per heavy atom. The number of amides is 4. The van der Waals surface area contributed by atoms with Crippen LogP contribution in [0.1, 0.15) is 66.2 Å². The van der Waals surface area contributed by atoms with Crippen molar-refractivity contribution in [1.82, 2.24) is 15.2 Å². The summed E-state index contributed by atoms with van der Waals surface area (Å²) in [7, 11) is 0. The molecule has 1 aliphatic heterocycles. The van der Waals surface area contributed by atoms with Crippen LogP contribution in [0.25, 0.3) is 5.69 Å². The first-order valence-electron chi connectivity index (χ1n) is 12.9. The number of urea groups is 1. The van der Waals surface area contributed by atoms with Crippen molar-refractivity contribution in [3.8, 4) is 5.69 Å². The predicted octanol–water partition coefficient (Wildman–Crippen LogP) is 2.80. The van der Waals surface area contributed by atoms with Crippen LogP contribution >= 0.6 is 0 Å². The molecule has 194 valence electrons. The Labute approximate surface area is 213 Å². The second kappa shape index (κ2) is 8.72. The molecule has 0 spiro atoms. The molecule has 1 unspecified atom stereocenters. The molecular weight excluding hydrogens is 474 g/mol. The first kappa shape index (κ1) is 23.7. The molecule has 4 fully saturated rings. The monoisotopic (exact) mass is 505 g/mol.